The predicted octanol–water partition coefficient (Wildman–Crippen LogP) is 2.90. The van der Waals surface area contributed by atoms with Gasteiger partial charge in [-0.1, -0.05) is 20.3 Å². The first-order valence-electron chi connectivity index (χ1n) is 6.89. The molecule has 1 aromatic heterocycles. The van der Waals surface area contributed by atoms with Gasteiger partial charge in [-0.25, -0.2) is 0 Å². The molecule has 0 saturated carbocycles. The molecule has 1 saturated heterocycles. The average Bonchev–Trinajstić information content (AvgIpc) is 2.39. The van der Waals surface area contributed by atoms with Crippen LogP contribution in [0.15, 0.2) is 12.3 Å². The second-order valence-corrected chi connectivity index (χ2v) is 5.76. The summed E-state index contributed by atoms with van der Waals surface area (Å²) in [7, 11) is 0. The minimum absolute atomic E-state index is 0.0736. The van der Waals surface area contributed by atoms with Crippen LogP contribution in [0.2, 0.25) is 0 Å². The Balaban J connectivity index is 2.16. The van der Waals surface area contributed by atoms with Gasteiger partial charge >= 0.3 is 0 Å². The molecule has 0 spiro atoms. The summed E-state index contributed by atoms with van der Waals surface area (Å²) in [6.45, 7) is 8.91. The summed E-state index contributed by atoms with van der Waals surface area (Å²) >= 11 is 0. The van der Waals surface area contributed by atoms with E-state index in [-0.39, 0.29) is 6.61 Å². The average molecular weight is 248 g/mol. The van der Waals surface area contributed by atoms with E-state index in [1.807, 2.05) is 6.92 Å². The summed E-state index contributed by atoms with van der Waals surface area (Å²) in [6.07, 6.45) is 5.52. The maximum atomic E-state index is 9.42. The first-order chi connectivity index (χ1) is 8.58. The Hall–Kier alpha value is -1.09. The molecule has 0 bridgehead atoms. The van der Waals surface area contributed by atoms with E-state index in [4.69, 9.17) is 0 Å². The van der Waals surface area contributed by atoms with Crippen LogP contribution in [0.5, 0.6) is 0 Å². The van der Waals surface area contributed by atoms with Crippen LogP contribution in [0.3, 0.4) is 0 Å². The molecule has 2 rings (SSSR count). The number of aliphatic hydroxyl groups excluding tert-OH is 1. The Morgan fingerprint density at radius 2 is 2.06 bits per heavy atom. The highest BCUT2D eigenvalue weighted by molar-refractivity contribution is 5.53. The van der Waals surface area contributed by atoms with Crippen LogP contribution >= 0.6 is 0 Å². The largest absolute Gasteiger partial charge is 0.392 e. The van der Waals surface area contributed by atoms with Crippen molar-refractivity contribution in [3.05, 3.63) is 23.5 Å². The number of hydrogen-bond donors (Lipinski definition) is 1. The molecule has 3 heteroatoms. The lowest BCUT2D eigenvalue weighted by atomic mass is 9.78. The van der Waals surface area contributed by atoms with Crippen LogP contribution in [0.4, 0.5) is 5.69 Å². The van der Waals surface area contributed by atoms with Crippen molar-refractivity contribution in [3.63, 3.8) is 0 Å². The Bertz CT molecular complexity index is 409. The summed E-state index contributed by atoms with van der Waals surface area (Å²) in [4.78, 5) is 6.66. The number of aliphatic hydroxyl groups is 1. The van der Waals surface area contributed by atoms with Gasteiger partial charge in [-0.05, 0) is 31.2 Å². The molecular formula is C15H24N2O. The number of rotatable bonds is 3. The van der Waals surface area contributed by atoms with E-state index in [9.17, 15) is 5.11 Å². The minimum Gasteiger partial charge on any atom is -0.392 e. The second-order valence-electron chi connectivity index (χ2n) is 5.76. The van der Waals surface area contributed by atoms with Gasteiger partial charge in [-0.15, -0.1) is 0 Å². The van der Waals surface area contributed by atoms with E-state index in [0.717, 1.165) is 24.3 Å². The fourth-order valence-corrected chi connectivity index (χ4v) is 2.63. The van der Waals surface area contributed by atoms with Gasteiger partial charge in [0.2, 0.25) is 0 Å². The number of hydrogen-bond acceptors (Lipinski definition) is 3. The van der Waals surface area contributed by atoms with Crippen molar-refractivity contribution in [2.45, 2.75) is 46.6 Å². The molecule has 1 aliphatic heterocycles. The normalized spacial score (nSPS) is 19.0. The smallest absolute Gasteiger partial charge is 0.0717 e. The molecule has 1 N–H and O–H groups in total. The molecular weight excluding hydrogens is 224 g/mol. The van der Waals surface area contributed by atoms with Crippen molar-refractivity contribution >= 4 is 5.69 Å². The monoisotopic (exact) mass is 248 g/mol. The fraction of sp³-hybridized carbons (Fsp3) is 0.667. The number of piperidine rings is 1. The van der Waals surface area contributed by atoms with Gasteiger partial charge in [0, 0.05) is 36.2 Å². The zero-order valence-electron chi connectivity index (χ0n) is 11.7. The second kappa shape index (κ2) is 5.27. The summed E-state index contributed by atoms with van der Waals surface area (Å²) < 4.78 is 0. The van der Waals surface area contributed by atoms with Crippen LogP contribution in [0.25, 0.3) is 0 Å². The molecule has 2 heterocycles. The van der Waals surface area contributed by atoms with E-state index in [1.54, 1.807) is 6.20 Å². The van der Waals surface area contributed by atoms with Gasteiger partial charge in [-0.2, -0.15) is 0 Å². The minimum atomic E-state index is 0.0736. The molecule has 1 aliphatic rings. The highest BCUT2D eigenvalue weighted by Crippen LogP contribution is 2.36. The first-order valence-corrected chi connectivity index (χ1v) is 6.89. The van der Waals surface area contributed by atoms with Crippen molar-refractivity contribution in [1.29, 1.82) is 0 Å². The lowest BCUT2D eigenvalue weighted by molar-refractivity contribution is 0.237. The van der Waals surface area contributed by atoms with Crippen LogP contribution in [0.1, 0.15) is 44.4 Å². The van der Waals surface area contributed by atoms with Crippen LogP contribution in [-0.2, 0) is 6.61 Å². The lowest BCUT2D eigenvalue weighted by Crippen LogP contribution is -2.39. The van der Waals surface area contributed by atoms with Gasteiger partial charge in [0.15, 0.2) is 0 Å². The van der Waals surface area contributed by atoms with Gasteiger partial charge in [-0.3, -0.25) is 4.98 Å². The summed E-state index contributed by atoms with van der Waals surface area (Å²) in [5, 5.41) is 9.42. The highest BCUT2D eigenvalue weighted by Gasteiger charge is 2.29. The summed E-state index contributed by atoms with van der Waals surface area (Å²) in [6, 6.07) is 2.10. The topological polar surface area (TPSA) is 36.4 Å². The molecule has 100 valence electrons. The zero-order valence-corrected chi connectivity index (χ0v) is 11.7. The van der Waals surface area contributed by atoms with E-state index in [0.29, 0.717) is 5.41 Å². The van der Waals surface area contributed by atoms with Gasteiger partial charge in [0.05, 0.1) is 6.61 Å². The Kier molecular flexibility index (Phi) is 3.91. The molecule has 0 atom stereocenters. The van der Waals surface area contributed by atoms with Crippen molar-refractivity contribution in [2.75, 3.05) is 18.0 Å². The molecule has 0 unspecified atom stereocenters. The Morgan fingerprint density at radius 3 is 2.61 bits per heavy atom. The SMILES string of the molecule is CCC1(C)CCN(c2cc(C)ncc2CO)CC1. The molecule has 1 aromatic rings. The van der Waals surface area contributed by atoms with Crippen LogP contribution in [0, 0.1) is 12.3 Å². The molecule has 0 aromatic carbocycles. The van der Waals surface area contributed by atoms with E-state index < -0.39 is 0 Å². The number of nitrogens with zero attached hydrogens (tertiary/aromatic N) is 2. The molecule has 3 nitrogen and oxygen atoms in total. The maximum absolute atomic E-state index is 9.42. The fourth-order valence-electron chi connectivity index (χ4n) is 2.63. The standard InChI is InChI=1S/C15H24N2O/c1-4-15(3)5-7-17(8-6-15)14-9-12(2)16-10-13(14)11-18/h9-10,18H,4-8,11H2,1-3H3. The molecule has 0 radical (unpaired) electrons. The third-order valence-electron chi connectivity index (χ3n) is 4.43. The number of aryl methyl sites for hydroxylation is 1. The van der Waals surface area contributed by atoms with Crippen molar-refractivity contribution in [1.82, 2.24) is 4.98 Å². The Labute approximate surface area is 110 Å². The van der Waals surface area contributed by atoms with Crippen molar-refractivity contribution in [3.8, 4) is 0 Å². The third kappa shape index (κ3) is 2.66. The zero-order chi connectivity index (χ0) is 13.2. The first kappa shape index (κ1) is 13.3. The molecule has 0 amide bonds. The predicted molar refractivity (Wildman–Crippen MR) is 74.7 cm³/mol. The van der Waals surface area contributed by atoms with Gasteiger partial charge < -0.3 is 10.0 Å². The quantitative estimate of drug-likeness (QED) is 0.893. The summed E-state index contributed by atoms with van der Waals surface area (Å²) in [5.41, 5.74) is 3.63. The number of pyridine rings is 1. The van der Waals surface area contributed by atoms with Gasteiger partial charge in [0.25, 0.3) is 0 Å². The maximum Gasteiger partial charge on any atom is 0.0717 e. The Morgan fingerprint density at radius 1 is 1.39 bits per heavy atom. The van der Waals surface area contributed by atoms with Crippen molar-refractivity contribution < 1.29 is 5.11 Å². The number of anilines is 1. The van der Waals surface area contributed by atoms with E-state index in [1.165, 1.54) is 24.9 Å². The van der Waals surface area contributed by atoms with Gasteiger partial charge in [0.1, 0.15) is 0 Å². The molecule has 1 fully saturated rings. The van der Waals surface area contributed by atoms with Crippen molar-refractivity contribution in [2.24, 2.45) is 5.41 Å². The summed E-state index contributed by atoms with van der Waals surface area (Å²) in [5.74, 6) is 0. The highest BCUT2D eigenvalue weighted by atomic mass is 16.3. The third-order valence-corrected chi connectivity index (χ3v) is 4.43. The molecule has 0 aliphatic carbocycles. The molecule has 18 heavy (non-hydrogen) atoms. The van der Waals surface area contributed by atoms with E-state index >= 15 is 0 Å². The van der Waals surface area contributed by atoms with E-state index in [2.05, 4.69) is 29.8 Å². The lowest BCUT2D eigenvalue weighted by Gasteiger charge is -2.40. The van der Waals surface area contributed by atoms with Crippen LogP contribution < -0.4 is 4.90 Å². The van der Waals surface area contributed by atoms with Crippen LogP contribution in [-0.4, -0.2) is 23.2 Å². The number of aromatic nitrogens is 1.